The second-order valence-corrected chi connectivity index (χ2v) is 9.29. The van der Waals surface area contributed by atoms with E-state index in [9.17, 15) is 9.59 Å². The Bertz CT molecular complexity index is 1350. The Morgan fingerprint density at radius 2 is 1.97 bits per heavy atom. The molecule has 1 atom stereocenters. The molecule has 1 saturated heterocycles. The summed E-state index contributed by atoms with van der Waals surface area (Å²) < 4.78 is 6.19. The molecule has 5 rings (SSSR count). The van der Waals surface area contributed by atoms with Crippen LogP contribution in [0.1, 0.15) is 12.1 Å². The van der Waals surface area contributed by atoms with Crippen molar-refractivity contribution in [2.45, 2.75) is 13.0 Å². The van der Waals surface area contributed by atoms with E-state index in [0.717, 1.165) is 16.1 Å². The average Bonchev–Trinajstić information content (AvgIpc) is 3.48. The van der Waals surface area contributed by atoms with Gasteiger partial charge in [-0.05, 0) is 36.4 Å². The van der Waals surface area contributed by atoms with E-state index in [-0.39, 0.29) is 24.8 Å². The van der Waals surface area contributed by atoms with Crippen molar-refractivity contribution >= 4 is 55.8 Å². The van der Waals surface area contributed by atoms with Gasteiger partial charge in [0.05, 0.1) is 35.0 Å². The number of halogens is 1. The molecule has 0 N–H and O–H groups in total. The largest absolute Gasteiger partial charge is 0.494 e. The molecule has 2 aromatic carbocycles. The number of carbonyl (C=O) groups is 2. The van der Waals surface area contributed by atoms with Crippen LogP contribution in [0.3, 0.4) is 0 Å². The Hall–Kier alpha value is -3.49. The molecule has 1 unspecified atom stereocenters. The summed E-state index contributed by atoms with van der Waals surface area (Å²) in [5.41, 5.74) is 2.11. The first-order chi connectivity index (χ1) is 16.5. The molecule has 34 heavy (non-hydrogen) atoms. The predicted octanol–water partition coefficient (Wildman–Crippen LogP) is 4.94. The summed E-state index contributed by atoms with van der Waals surface area (Å²) in [4.78, 5) is 39.0. The summed E-state index contributed by atoms with van der Waals surface area (Å²) >= 11 is 7.75. The Morgan fingerprint density at radius 1 is 1.18 bits per heavy atom. The van der Waals surface area contributed by atoms with Gasteiger partial charge in [-0.3, -0.25) is 19.5 Å². The zero-order valence-electron chi connectivity index (χ0n) is 18.3. The maximum Gasteiger partial charge on any atom is 0.234 e. The van der Waals surface area contributed by atoms with Gasteiger partial charge in [0.1, 0.15) is 11.3 Å². The average molecular weight is 493 g/mol. The van der Waals surface area contributed by atoms with E-state index in [1.165, 1.54) is 11.3 Å². The van der Waals surface area contributed by atoms with E-state index in [2.05, 4.69) is 4.98 Å². The Kier molecular flexibility index (Phi) is 6.17. The molecule has 2 amide bonds. The SMILES string of the molecule is COc1ccc(Cl)c2sc(N(Cc3ccccn3)C(=O)C3CC(=O)N(c4ccccc4)C3)nc12. The Morgan fingerprint density at radius 3 is 2.71 bits per heavy atom. The molecule has 0 bridgehead atoms. The van der Waals surface area contributed by atoms with E-state index in [1.54, 1.807) is 35.2 Å². The summed E-state index contributed by atoms with van der Waals surface area (Å²) in [7, 11) is 1.57. The molecule has 0 spiro atoms. The number of fused-ring (bicyclic) bond motifs is 1. The van der Waals surface area contributed by atoms with Crippen LogP contribution in [0, 0.1) is 5.92 Å². The number of aromatic nitrogens is 2. The predicted molar refractivity (Wildman–Crippen MR) is 134 cm³/mol. The number of ether oxygens (including phenoxy) is 1. The van der Waals surface area contributed by atoms with Crippen LogP contribution in [-0.4, -0.2) is 35.4 Å². The highest BCUT2D eigenvalue weighted by atomic mass is 35.5. The van der Waals surface area contributed by atoms with Gasteiger partial charge in [0.2, 0.25) is 11.8 Å². The molecule has 4 aromatic rings. The van der Waals surface area contributed by atoms with Crippen molar-refractivity contribution in [3.63, 3.8) is 0 Å². The maximum absolute atomic E-state index is 13.8. The molecule has 3 heterocycles. The van der Waals surface area contributed by atoms with Crippen LogP contribution in [0.15, 0.2) is 66.9 Å². The van der Waals surface area contributed by atoms with Gasteiger partial charge in [-0.1, -0.05) is 47.2 Å². The lowest BCUT2D eigenvalue weighted by Gasteiger charge is -2.23. The van der Waals surface area contributed by atoms with E-state index in [1.807, 2.05) is 48.5 Å². The zero-order chi connectivity index (χ0) is 23.7. The molecule has 7 nitrogen and oxygen atoms in total. The summed E-state index contributed by atoms with van der Waals surface area (Å²) in [6.07, 6.45) is 1.83. The first-order valence-corrected chi connectivity index (χ1v) is 11.9. The summed E-state index contributed by atoms with van der Waals surface area (Å²) in [5, 5.41) is 1.03. The minimum absolute atomic E-state index is 0.0728. The number of amides is 2. The number of pyridine rings is 1. The molecule has 2 aromatic heterocycles. The van der Waals surface area contributed by atoms with E-state index in [0.29, 0.717) is 28.0 Å². The fourth-order valence-electron chi connectivity index (χ4n) is 4.07. The number of methoxy groups -OCH3 is 1. The monoisotopic (exact) mass is 492 g/mol. The standard InChI is InChI=1S/C25H21ClN4O3S/c1-33-20-11-10-19(26)23-22(20)28-25(34-23)30(15-17-7-5-6-12-27-17)24(32)16-13-21(31)29(14-16)18-8-3-2-4-9-18/h2-12,16H,13-15H2,1H3. The molecule has 9 heteroatoms. The topological polar surface area (TPSA) is 75.6 Å². The van der Waals surface area contributed by atoms with Crippen LogP contribution >= 0.6 is 22.9 Å². The second-order valence-electron chi connectivity index (χ2n) is 7.91. The van der Waals surface area contributed by atoms with E-state index < -0.39 is 5.92 Å². The van der Waals surface area contributed by atoms with Gasteiger partial charge in [-0.15, -0.1) is 0 Å². The number of nitrogens with zero attached hydrogens (tertiary/aromatic N) is 4. The van der Waals surface area contributed by atoms with Crippen molar-refractivity contribution in [3.8, 4) is 5.75 Å². The van der Waals surface area contributed by atoms with Crippen LogP contribution in [0.2, 0.25) is 5.02 Å². The minimum Gasteiger partial charge on any atom is -0.494 e. The van der Waals surface area contributed by atoms with Crippen LogP contribution in [-0.2, 0) is 16.1 Å². The van der Waals surface area contributed by atoms with Crippen LogP contribution in [0.5, 0.6) is 5.75 Å². The fraction of sp³-hybridized carbons (Fsp3) is 0.200. The van der Waals surface area contributed by atoms with Crippen LogP contribution < -0.4 is 14.5 Å². The Labute approximate surface area is 205 Å². The highest BCUT2D eigenvalue weighted by molar-refractivity contribution is 7.23. The number of para-hydroxylation sites is 1. The van der Waals surface area contributed by atoms with Gasteiger partial charge in [0.15, 0.2) is 5.13 Å². The zero-order valence-corrected chi connectivity index (χ0v) is 19.9. The molecule has 0 radical (unpaired) electrons. The number of anilines is 2. The van der Waals surface area contributed by atoms with Crippen LogP contribution in [0.25, 0.3) is 10.2 Å². The van der Waals surface area contributed by atoms with Gasteiger partial charge in [-0.25, -0.2) is 4.98 Å². The summed E-state index contributed by atoms with van der Waals surface area (Å²) in [6.45, 7) is 0.546. The minimum atomic E-state index is -0.499. The highest BCUT2D eigenvalue weighted by Gasteiger charge is 2.38. The lowest BCUT2D eigenvalue weighted by atomic mass is 10.1. The number of thiazole rings is 1. The molecule has 0 saturated carbocycles. The molecular formula is C25H21ClN4O3S. The quantitative estimate of drug-likeness (QED) is 0.381. The first-order valence-electron chi connectivity index (χ1n) is 10.7. The lowest BCUT2D eigenvalue weighted by molar-refractivity contribution is -0.124. The normalized spacial score (nSPS) is 15.6. The number of hydrogen-bond acceptors (Lipinski definition) is 6. The van der Waals surface area contributed by atoms with Gasteiger partial charge in [0, 0.05) is 24.8 Å². The van der Waals surface area contributed by atoms with Gasteiger partial charge in [0.25, 0.3) is 0 Å². The van der Waals surface area contributed by atoms with E-state index in [4.69, 9.17) is 21.3 Å². The van der Waals surface area contributed by atoms with E-state index >= 15 is 0 Å². The number of benzene rings is 2. The van der Waals surface area contributed by atoms with Crippen LogP contribution in [0.4, 0.5) is 10.8 Å². The Balaban J connectivity index is 1.51. The van der Waals surface area contributed by atoms with Crippen molar-refractivity contribution in [1.82, 2.24) is 9.97 Å². The van der Waals surface area contributed by atoms with Gasteiger partial charge < -0.3 is 9.64 Å². The summed E-state index contributed by atoms with van der Waals surface area (Å²) in [5.74, 6) is -0.165. The molecular weight excluding hydrogens is 472 g/mol. The van der Waals surface area contributed by atoms with Gasteiger partial charge >= 0.3 is 0 Å². The highest BCUT2D eigenvalue weighted by Crippen LogP contribution is 2.40. The van der Waals surface area contributed by atoms with Crippen molar-refractivity contribution in [1.29, 1.82) is 0 Å². The second kappa shape index (κ2) is 9.40. The molecule has 172 valence electrons. The third-order valence-corrected chi connectivity index (χ3v) is 7.29. The molecule has 0 aliphatic carbocycles. The molecule has 1 aliphatic heterocycles. The number of carbonyl (C=O) groups excluding carboxylic acids is 2. The third kappa shape index (κ3) is 4.22. The van der Waals surface area contributed by atoms with Crippen molar-refractivity contribution in [3.05, 3.63) is 77.6 Å². The molecule has 1 fully saturated rings. The van der Waals surface area contributed by atoms with Gasteiger partial charge in [-0.2, -0.15) is 0 Å². The van der Waals surface area contributed by atoms with Crippen molar-refractivity contribution < 1.29 is 14.3 Å². The smallest absolute Gasteiger partial charge is 0.234 e. The summed E-state index contributed by atoms with van der Waals surface area (Å²) in [6, 6.07) is 18.5. The maximum atomic E-state index is 13.8. The lowest BCUT2D eigenvalue weighted by Crippen LogP contribution is -2.37. The van der Waals surface area contributed by atoms with Crippen molar-refractivity contribution in [2.75, 3.05) is 23.5 Å². The number of rotatable bonds is 6. The molecule has 1 aliphatic rings. The first kappa shape index (κ1) is 22.3. The third-order valence-electron chi connectivity index (χ3n) is 5.75. The van der Waals surface area contributed by atoms with Crippen molar-refractivity contribution in [2.24, 2.45) is 5.92 Å². The fourth-order valence-corrected chi connectivity index (χ4v) is 5.33. The number of hydrogen-bond donors (Lipinski definition) is 0.